The van der Waals surface area contributed by atoms with Gasteiger partial charge in [0.2, 0.25) is 5.91 Å². The lowest BCUT2D eigenvalue weighted by Gasteiger charge is -2.20. The number of thioether (sulfide) groups is 1. The summed E-state index contributed by atoms with van der Waals surface area (Å²) in [7, 11) is 1.39. The second kappa shape index (κ2) is 13.5. The third kappa shape index (κ3) is 7.72. The molecule has 202 valence electrons. The van der Waals surface area contributed by atoms with Gasteiger partial charge in [-0.1, -0.05) is 54.1 Å². The fourth-order valence-corrected chi connectivity index (χ4v) is 5.71. The molecule has 2 atom stereocenters. The van der Waals surface area contributed by atoms with E-state index < -0.39 is 18.0 Å². The fourth-order valence-electron chi connectivity index (χ4n) is 4.23. The maximum absolute atomic E-state index is 11.9. The molecule has 0 aliphatic carbocycles. The Morgan fingerprint density at radius 3 is 2.62 bits per heavy atom. The molecular formula is C30H29ClN2O5S. The molecule has 39 heavy (non-hydrogen) atoms. The molecule has 0 fully saturated rings. The number of hydrogen-bond acceptors (Lipinski definition) is 6. The first-order valence-electron chi connectivity index (χ1n) is 12.4. The lowest BCUT2D eigenvalue weighted by atomic mass is 9.99. The van der Waals surface area contributed by atoms with Gasteiger partial charge in [0.1, 0.15) is 12.4 Å². The second-order valence-electron chi connectivity index (χ2n) is 8.95. The lowest BCUT2D eigenvalue weighted by Crippen LogP contribution is -2.25. The van der Waals surface area contributed by atoms with E-state index in [0.29, 0.717) is 29.2 Å². The van der Waals surface area contributed by atoms with E-state index in [2.05, 4.69) is 4.98 Å². The predicted molar refractivity (Wildman–Crippen MR) is 154 cm³/mol. The molecule has 4 aromatic rings. The Bertz CT molecular complexity index is 1460. The largest absolute Gasteiger partial charge is 0.487 e. The summed E-state index contributed by atoms with van der Waals surface area (Å²) >= 11 is 7.61. The molecule has 0 radical (unpaired) electrons. The van der Waals surface area contributed by atoms with Crippen LogP contribution in [0.15, 0.2) is 78.9 Å². The first kappa shape index (κ1) is 28.4. The molecule has 4 rings (SSSR count). The number of halogens is 1. The van der Waals surface area contributed by atoms with Crippen LogP contribution in [0.25, 0.3) is 10.9 Å². The molecule has 0 saturated carbocycles. The molecule has 9 heteroatoms. The van der Waals surface area contributed by atoms with Crippen molar-refractivity contribution in [3.8, 4) is 5.75 Å². The van der Waals surface area contributed by atoms with Gasteiger partial charge < -0.3 is 20.3 Å². The van der Waals surface area contributed by atoms with Crippen molar-refractivity contribution in [2.24, 2.45) is 5.73 Å². The van der Waals surface area contributed by atoms with Gasteiger partial charge in [0, 0.05) is 34.1 Å². The molecule has 3 N–H and O–H groups in total. The number of aliphatic carboxylic acids is 1. The number of primary amides is 1. The molecule has 7 nitrogen and oxygen atoms in total. The quantitative estimate of drug-likeness (QED) is 0.202. The Labute approximate surface area is 236 Å². The van der Waals surface area contributed by atoms with E-state index in [4.69, 9.17) is 26.8 Å². The molecule has 1 amide bonds. The summed E-state index contributed by atoms with van der Waals surface area (Å²) in [4.78, 5) is 28.1. The van der Waals surface area contributed by atoms with Crippen molar-refractivity contribution in [3.63, 3.8) is 0 Å². The molecule has 2 unspecified atom stereocenters. The third-order valence-corrected chi connectivity index (χ3v) is 7.94. The molecule has 0 spiro atoms. The standard InChI is InChI=1S/C30H29ClN2O5S/c1-37-27(30(35)36)18-39-28(14-11-19-5-2-3-8-25(19)29(32)34)21-6-4-7-24(15-21)38-17-23-13-10-20-9-12-22(31)16-26(20)33-23/h2-10,12-13,15-16,27-28H,11,14,17-18H2,1H3,(H2,32,34)(H,35,36). The van der Waals surface area contributed by atoms with Gasteiger partial charge in [0.15, 0.2) is 6.10 Å². The van der Waals surface area contributed by atoms with Crippen molar-refractivity contribution in [3.05, 3.63) is 106 Å². The number of ether oxygens (including phenoxy) is 2. The fraction of sp³-hybridized carbons (Fsp3) is 0.233. The molecule has 1 aromatic heterocycles. The minimum absolute atomic E-state index is 0.0765. The number of pyridine rings is 1. The average molecular weight is 565 g/mol. The molecule has 1 heterocycles. The van der Waals surface area contributed by atoms with Crippen LogP contribution < -0.4 is 10.5 Å². The van der Waals surface area contributed by atoms with E-state index in [0.717, 1.165) is 27.7 Å². The number of hydrogen-bond donors (Lipinski definition) is 2. The Morgan fingerprint density at radius 1 is 1.05 bits per heavy atom. The number of fused-ring (bicyclic) bond motifs is 1. The molecule has 0 saturated heterocycles. The number of carboxylic acid groups (broad SMARTS) is 1. The number of rotatable bonds is 13. The maximum Gasteiger partial charge on any atom is 0.333 e. The van der Waals surface area contributed by atoms with Gasteiger partial charge in [-0.2, -0.15) is 11.8 Å². The number of aryl methyl sites for hydroxylation is 1. The maximum atomic E-state index is 11.9. The Morgan fingerprint density at radius 2 is 1.85 bits per heavy atom. The summed E-state index contributed by atoms with van der Waals surface area (Å²) in [6.45, 7) is 0.278. The number of carboxylic acids is 1. The summed E-state index contributed by atoms with van der Waals surface area (Å²) in [5.41, 5.74) is 9.46. The SMILES string of the molecule is COC(CSC(CCc1ccccc1C(N)=O)c1cccc(OCc2ccc3ccc(Cl)cc3n2)c1)C(=O)O. The topological polar surface area (TPSA) is 112 Å². The van der Waals surface area contributed by atoms with E-state index >= 15 is 0 Å². The highest BCUT2D eigenvalue weighted by Crippen LogP contribution is 2.36. The predicted octanol–water partition coefficient (Wildman–Crippen LogP) is 6.07. The van der Waals surface area contributed by atoms with Gasteiger partial charge in [-0.3, -0.25) is 4.79 Å². The van der Waals surface area contributed by atoms with Gasteiger partial charge in [0.25, 0.3) is 0 Å². The van der Waals surface area contributed by atoms with Crippen molar-refractivity contribution in [1.82, 2.24) is 4.98 Å². The zero-order valence-corrected chi connectivity index (χ0v) is 23.0. The van der Waals surface area contributed by atoms with Gasteiger partial charge in [-0.25, -0.2) is 9.78 Å². The molecule has 0 bridgehead atoms. The minimum Gasteiger partial charge on any atom is -0.487 e. The van der Waals surface area contributed by atoms with Crippen LogP contribution in [0, 0.1) is 0 Å². The van der Waals surface area contributed by atoms with Crippen molar-refractivity contribution in [1.29, 1.82) is 0 Å². The van der Waals surface area contributed by atoms with E-state index in [1.807, 2.05) is 66.7 Å². The normalized spacial score (nSPS) is 12.7. The highest BCUT2D eigenvalue weighted by atomic mass is 35.5. The number of carbonyl (C=O) groups excluding carboxylic acids is 1. The van der Waals surface area contributed by atoms with E-state index in [1.54, 1.807) is 12.1 Å². The van der Waals surface area contributed by atoms with Gasteiger partial charge in [-0.15, -0.1) is 0 Å². The van der Waals surface area contributed by atoms with Crippen molar-refractivity contribution >= 4 is 46.1 Å². The average Bonchev–Trinajstić information content (AvgIpc) is 2.93. The minimum atomic E-state index is -1.01. The first-order valence-corrected chi connectivity index (χ1v) is 13.8. The number of aromatic nitrogens is 1. The highest BCUT2D eigenvalue weighted by molar-refractivity contribution is 7.99. The second-order valence-corrected chi connectivity index (χ2v) is 10.6. The van der Waals surface area contributed by atoms with Crippen LogP contribution in [0.4, 0.5) is 0 Å². The van der Waals surface area contributed by atoms with Crippen molar-refractivity contribution < 1.29 is 24.2 Å². The van der Waals surface area contributed by atoms with Gasteiger partial charge in [-0.05, 0) is 60.4 Å². The molecular weight excluding hydrogens is 536 g/mol. The summed E-state index contributed by atoms with van der Waals surface area (Å²) in [6.07, 6.45) is 0.319. The van der Waals surface area contributed by atoms with E-state index in [9.17, 15) is 14.7 Å². The summed E-state index contributed by atoms with van der Waals surface area (Å²) < 4.78 is 11.2. The van der Waals surface area contributed by atoms with Crippen molar-refractivity contribution in [2.75, 3.05) is 12.9 Å². The van der Waals surface area contributed by atoms with Crippen molar-refractivity contribution in [2.45, 2.75) is 30.8 Å². The van der Waals surface area contributed by atoms with Crippen LogP contribution in [-0.2, 0) is 22.6 Å². The number of nitrogens with two attached hydrogens (primary N) is 1. The van der Waals surface area contributed by atoms with Crippen LogP contribution in [0.5, 0.6) is 5.75 Å². The monoisotopic (exact) mass is 564 g/mol. The Hall–Kier alpha value is -3.59. The summed E-state index contributed by atoms with van der Waals surface area (Å²) in [5, 5.41) is 11.0. The Balaban J connectivity index is 1.51. The highest BCUT2D eigenvalue weighted by Gasteiger charge is 2.21. The van der Waals surface area contributed by atoms with E-state index in [1.165, 1.54) is 18.9 Å². The molecule has 0 aliphatic rings. The molecule has 0 aliphatic heterocycles. The number of amides is 1. The Kier molecular flexibility index (Phi) is 9.81. The number of nitrogens with zero attached hydrogens (tertiary/aromatic N) is 1. The third-order valence-electron chi connectivity index (χ3n) is 6.30. The summed E-state index contributed by atoms with van der Waals surface area (Å²) in [5.74, 6) is -0.544. The van der Waals surface area contributed by atoms with Crippen LogP contribution in [0.1, 0.15) is 38.8 Å². The molecule has 3 aromatic carbocycles. The first-order chi connectivity index (χ1) is 18.8. The summed E-state index contributed by atoms with van der Waals surface area (Å²) in [6, 6.07) is 24.5. The zero-order chi connectivity index (χ0) is 27.8. The van der Waals surface area contributed by atoms with Crippen LogP contribution in [0.2, 0.25) is 5.02 Å². The number of methoxy groups -OCH3 is 1. The van der Waals surface area contributed by atoms with Crippen LogP contribution >= 0.6 is 23.4 Å². The lowest BCUT2D eigenvalue weighted by molar-refractivity contribution is -0.146. The van der Waals surface area contributed by atoms with Gasteiger partial charge in [0.05, 0.1) is 11.2 Å². The van der Waals surface area contributed by atoms with Gasteiger partial charge >= 0.3 is 5.97 Å². The smallest absolute Gasteiger partial charge is 0.333 e. The zero-order valence-electron chi connectivity index (χ0n) is 21.4. The van der Waals surface area contributed by atoms with Crippen LogP contribution in [-0.4, -0.2) is 40.9 Å². The van der Waals surface area contributed by atoms with Crippen LogP contribution in [0.3, 0.4) is 0 Å². The number of carbonyl (C=O) groups is 2. The number of benzene rings is 3. The van der Waals surface area contributed by atoms with E-state index in [-0.39, 0.29) is 17.6 Å².